The smallest absolute Gasteiger partial charge is 0.307 e. The molecule has 2 heterocycles. The largest absolute Gasteiger partial charge is 0.335 e. The minimum absolute atomic E-state index is 0.128. The van der Waals surface area contributed by atoms with Crippen molar-refractivity contribution in [2.45, 2.75) is 117 Å². The summed E-state index contributed by atoms with van der Waals surface area (Å²) in [5.74, 6) is 0. The molecule has 0 atom stereocenters. The van der Waals surface area contributed by atoms with Crippen LogP contribution < -0.4 is 0 Å². The van der Waals surface area contributed by atoms with Gasteiger partial charge in [-0.15, -0.1) is 0 Å². The molecular formula is C35H54O6P2. The molecule has 2 fully saturated rings. The molecule has 0 bridgehead atoms. The molecule has 0 aromatic heterocycles. The molecule has 0 N–H and O–H groups in total. The summed E-state index contributed by atoms with van der Waals surface area (Å²) >= 11 is 0. The maximum absolute atomic E-state index is 14.0. The van der Waals surface area contributed by atoms with Crippen molar-refractivity contribution in [1.82, 2.24) is 0 Å². The van der Waals surface area contributed by atoms with E-state index < -0.39 is 20.6 Å². The molecule has 2 aromatic rings. The van der Waals surface area contributed by atoms with Gasteiger partial charge in [0.25, 0.3) is 0 Å². The molecule has 1 spiro atoms. The van der Waals surface area contributed by atoms with Crippen molar-refractivity contribution < 1.29 is 27.2 Å². The molecule has 2 saturated heterocycles. The van der Waals surface area contributed by atoms with Gasteiger partial charge in [-0.3, -0.25) is 9.13 Å². The average Bonchev–Trinajstić information content (AvgIpc) is 2.85. The van der Waals surface area contributed by atoms with Crippen LogP contribution in [0.15, 0.2) is 36.4 Å². The van der Waals surface area contributed by atoms with Gasteiger partial charge in [0.05, 0.1) is 44.2 Å². The summed E-state index contributed by atoms with van der Waals surface area (Å²) in [6.07, 6.45) is 0.422. The first-order valence-corrected chi connectivity index (χ1v) is 18.9. The zero-order chi connectivity index (χ0) is 32.3. The van der Waals surface area contributed by atoms with Crippen LogP contribution in [-0.2, 0) is 61.2 Å². The standard InChI is InChI=1S/C35H54O6P2/c1-31(2,3)27-15-13-16-28(32(4,5)6)25(27)19-42(36)38-21-35(22-39-42)23-40-43(37,41-24-35)20-26-29(33(7,8)9)17-14-18-30(26)34(10,11)12/h13-18H,19-24H2,1-12H3. The van der Waals surface area contributed by atoms with Gasteiger partial charge in [0.2, 0.25) is 0 Å². The Bertz CT molecular complexity index is 1230. The third kappa shape index (κ3) is 7.76. The number of hydrogen-bond donors (Lipinski definition) is 0. The SMILES string of the molecule is CC(C)(C)c1cccc(C(C)(C)C)c1CP1(=O)OCC2(CO1)COP(=O)(Cc1c(C(C)(C)C)cccc1C(C)(C)C)OC2. The van der Waals surface area contributed by atoms with Crippen molar-refractivity contribution in [3.63, 3.8) is 0 Å². The van der Waals surface area contributed by atoms with Crippen molar-refractivity contribution in [3.8, 4) is 0 Å². The van der Waals surface area contributed by atoms with E-state index in [0.717, 1.165) is 33.4 Å². The molecule has 240 valence electrons. The van der Waals surface area contributed by atoms with Gasteiger partial charge in [-0.1, -0.05) is 119 Å². The summed E-state index contributed by atoms with van der Waals surface area (Å²) in [7, 11) is -6.88. The Hall–Kier alpha value is -1.26. The van der Waals surface area contributed by atoms with Crippen molar-refractivity contribution in [3.05, 3.63) is 69.8 Å². The molecule has 0 saturated carbocycles. The van der Waals surface area contributed by atoms with Gasteiger partial charge in [-0.05, 0) is 55.0 Å². The second-order valence-corrected chi connectivity index (χ2v) is 20.9. The first-order valence-electron chi connectivity index (χ1n) is 15.5. The topological polar surface area (TPSA) is 71.1 Å². The van der Waals surface area contributed by atoms with E-state index in [9.17, 15) is 9.13 Å². The minimum atomic E-state index is -3.44. The summed E-state index contributed by atoms with van der Waals surface area (Å²) in [5.41, 5.74) is 5.51. The van der Waals surface area contributed by atoms with E-state index in [-0.39, 0.29) is 60.4 Å². The second-order valence-electron chi connectivity index (χ2n) is 16.8. The summed E-state index contributed by atoms with van der Waals surface area (Å²) in [6.45, 7) is 26.7. The molecule has 43 heavy (non-hydrogen) atoms. The van der Waals surface area contributed by atoms with E-state index in [2.05, 4.69) is 119 Å². The fourth-order valence-electron chi connectivity index (χ4n) is 6.16. The molecule has 0 aliphatic carbocycles. The maximum Gasteiger partial charge on any atom is 0.335 e. The molecule has 2 aromatic carbocycles. The predicted octanol–water partition coefficient (Wildman–Crippen LogP) is 10.0. The summed E-state index contributed by atoms with van der Waals surface area (Å²) in [6, 6.07) is 12.6. The van der Waals surface area contributed by atoms with Crippen LogP contribution in [0.2, 0.25) is 0 Å². The highest BCUT2D eigenvalue weighted by molar-refractivity contribution is 7.53. The Morgan fingerprint density at radius 3 is 0.953 bits per heavy atom. The van der Waals surface area contributed by atoms with Crippen molar-refractivity contribution in [1.29, 1.82) is 0 Å². The Kier molecular flexibility index (Phi) is 9.27. The van der Waals surface area contributed by atoms with Gasteiger partial charge >= 0.3 is 15.2 Å². The lowest BCUT2D eigenvalue weighted by atomic mass is 9.77. The quantitative estimate of drug-likeness (QED) is 0.313. The lowest BCUT2D eigenvalue weighted by molar-refractivity contribution is -0.0690. The van der Waals surface area contributed by atoms with Crippen LogP contribution in [0.4, 0.5) is 0 Å². The van der Waals surface area contributed by atoms with Gasteiger partial charge in [0.1, 0.15) is 0 Å². The Morgan fingerprint density at radius 1 is 0.512 bits per heavy atom. The average molecular weight is 633 g/mol. The Labute approximate surface area is 260 Å². The minimum Gasteiger partial charge on any atom is -0.307 e. The van der Waals surface area contributed by atoms with E-state index >= 15 is 0 Å². The van der Waals surface area contributed by atoms with E-state index in [1.807, 2.05) is 0 Å². The fourth-order valence-corrected chi connectivity index (χ4v) is 10.0. The van der Waals surface area contributed by atoms with E-state index in [0.29, 0.717) is 0 Å². The van der Waals surface area contributed by atoms with Gasteiger partial charge in [-0.25, -0.2) is 0 Å². The highest BCUT2D eigenvalue weighted by Crippen LogP contribution is 2.62. The lowest BCUT2D eigenvalue weighted by Crippen LogP contribution is -2.45. The zero-order valence-electron chi connectivity index (χ0n) is 28.6. The zero-order valence-corrected chi connectivity index (χ0v) is 30.3. The third-order valence-corrected chi connectivity index (χ3v) is 12.1. The van der Waals surface area contributed by atoms with Gasteiger partial charge in [0.15, 0.2) is 0 Å². The van der Waals surface area contributed by atoms with Crippen molar-refractivity contribution in [2.75, 3.05) is 26.4 Å². The molecular weight excluding hydrogens is 578 g/mol. The fraction of sp³-hybridized carbons (Fsp3) is 0.657. The van der Waals surface area contributed by atoms with Crippen LogP contribution in [0.3, 0.4) is 0 Å². The van der Waals surface area contributed by atoms with E-state index in [1.54, 1.807) is 0 Å². The highest BCUT2D eigenvalue weighted by atomic mass is 31.2. The van der Waals surface area contributed by atoms with Crippen LogP contribution in [0, 0.1) is 5.41 Å². The molecule has 8 heteroatoms. The number of benzene rings is 2. The monoisotopic (exact) mass is 632 g/mol. The molecule has 0 radical (unpaired) electrons. The first-order chi connectivity index (χ1) is 19.5. The Morgan fingerprint density at radius 2 is 0.744 bits per heavy atom. The molecule has 6 nitrogen and oxygen atoms in total. The van der Waals surface area contributed by atoms with E-state index in [4.69, 9.17) is 18.1 Å². The van der Waals surface area contributed by atoms with E-state index in [1.165, 1.54) is 0 Å². The predicted molar refractivity (Wildman–Crippen MR) is 177 cm³/mol. The van der Waals surface area contributed by atoms with Crippen LogP contribution in [0.1, 0.15) is 116 Å². The summed E-state index contributed by atoms with van der Waals surface area (Å²) < 4.78 is 52.5. The van der Waals surface area contributed by atoms with Gasteiger partial charge in [-0.2, -0.15) is 0 Å². The molecule has 0 unspecified atom stereocenters. The maximum atomic E-state index is 14.0. The van der Waals surface area contributed by atoms with Crippen LogP contribution >= 0.6 is 15.2 Å². The van der Waals surface area contributed by atoms with Crippen LogP contribution in [0.25, 0.3) is 0 Å². The first kappa shape index (κ1) is 34.6. The van der Waals surface area contributed by atoms with Gasteiger partial charge in [0, 0.05) is 0 Å². The second kappa shape index (κ2) is 11.5. The van der Waals surface area contributed by atoms with Gasteiger partial charge < -0.3 is 18.1 Å². The van der Waals surface area contributed by atoms with Crippen molar-refractivity contribution in [2.24, 2.45) is 5.41 Å². The summed E-state index contributed by atoms with van der Waals surface area (Å²) in [4.78, 5) is 0. The normalized spacial score (nSPS) is 27.4. The molecule has 2 aliphatic heterocycles. The third-order valence-electron chi connectivity index (χ3n) is 8.56. The van der Waals surface area contributed by atoms with Crippen molar-refractivity contribution >= 4 is 15.2 Å². The Balaban J connectivity index is 1.51. The molecule has 0 amide bonds. The highest BCUT2D eigenvalue weighted by Gasteiger charge is 2.49. The molecule has 2 aliphatic rings. The number of hydrogen-bond acceptors (Lipinski definition) is 6. The van der Waals surface area contributed by atoms with Crippen LogP contribution in [0.5, 0.6) is 0 Å². The summed E-state index contributed by atoms with van der Waals surface area (Å²) in [5, 5.41) is 0. The molecule has 4 rings (SSSR count). The number of rotatable bonds is 4. The van der Waals surface area contributed by atoms with Crippen LogP contribution in [-0.4, -0.2) is 26.4 Å². The lowest BCUT2D eigenvalue weighted by Gasteiger charge is -2.43.